The fraction of sp³-hybridized carbons (Fsp3) is 0.609. The van der Waals surface area contributed by atoms with Gasteiger partial charge in [-0.05, 0) is 51.8 Å². The molecule has 0 radical (unpaired) electrons. The summed E-state index contributed by atoms with van der Waals surface area (Å²) in [7, 11) is 5.88. The second-order valence-corrected chi connectivity index (χ2v) is 9.42. The Kier molecular flexibility index (Phi) is 8.01. The smallest absolute Gasteiger partial charge is 0.410 e. The van der Waals surface area contributed by atoms with Crippen LogP contribution in [0.25, 0.3) is 11.3 Å². The molecule has 0 aliphatic rings. The van der Waals surface area contributed by atoms with Gasteiger partial charge in [0.2, 0.25) is 0 Å². The molecule has 0 bridgehead atoms. The van der Waals surface area contributed by atoms with Gasteiger partial charge in [-0.1, -0.05) is 13.8 Å². The van der Waals surface area contributed by atoms with Crippen LogP contribution in [-0.2, 0) is 18.3 Å². The number of carbonyl (C=O) groups is 1. The van der Waals surface area contributed by atoms with E-state index in [0.29, 0.717) is 18.4 Å². The van der Waals surface area contributed by atoms with E-state index in [1.54, 1.807) is 24.3 Å². The van der Waals surface area contributed by atoms with E-state index in [1.807, 2.05) is 44.6 Å². The van der Waals surface area contributed by atoms with Crippen LogP contribution in [0.1, 0.15) is 40.2 Å². The Morgan fingerprint density at radius 2 is 1.73 bits per heavy atom. The minimum Gasteiger partial charge on any atom is -0.444 e. The van der Waals surface area contributed by atoms with Crippen LogP contribution in [0.5, 0.6) is 0 Å². The Morgan fingerprint density at radius 3 is 2.33 bits per heavy atom. The number of rotatable bonds is 8. The van der Waals surface area contributed by atoms with Gasteiger partial charge in [0.05, 0.1) is 5.69 Å². The molecule has 0 fully saturated rings. The molecule has 166 valence electrons. The lowest BCUT2D eigenvalue weighted by Gasteiger charge is -2.30. The van der Waals surface area contributed by atoms with Crippen LogP contribution in [0.3, 0.4) is 0 Å². The predicted octanol–water partition coefficient (Wildman–Crippen LogP) is 4.05. The molecule has 30 heavy (non-hydrogen) atoms. The molecule has 2 unspecified atom stereocenters. The van der Waals surface area contributed by atoms with E-state index in [9.17, 15) is 4.79 Å². The van der Waals surface area contributed by atoms with Crippen LogP contribution in [0.2, 0.25) is 0 Å². The molecule has 2 atom stereocenters. The highest BCUT2D eigenvalue weighted by molar-refractivity contribution is 5.67. The molecule has 1 amide bonds. The van der Waals surface area contributed by atoms with Crippen molar-refractivity contribution in [1.29, 1.82) is 0 Å². The van der Waals surface area contributed by atoms with Crippen molar-refractivity contribution in [3.05, 3.63) is 36.3 Å². The fourth-order valence-electron chi connectivity index (χ4n) is 3.46. The minimum atomic E-state index is -0.476. The topological polar surface area (TPSA) is 63.5 Å². The van der Waals surface area contributed by atoms with Gasteiger partial charge in [0.25, 0.3) is 0 Å². The van der Waals surface area contributed by atoms with E-state index < -0.39 is 5.60 Å². The summed E-state index contributed by atoms with van der Waals surface area (Å²) in [5, 5.41) is 4.64. The van der Waals surface area contributed by atoms with Gasteiger partial charge in [-0.2, -0.15) is 5.10 Å². The summed E-state index contributed by atoms with van der Waals surface area (Å²) in [5.74, 6) is 0.763. The Bertz CT molecular complexity index is 813. The van der Waals surface area contributed by atoms with Crippen molar-refractivity contribution in [2.75, 3.05) is 27.2 Å². The highest BCUT2D eigenvalue weighted by Crippen LogP contribution is 2.23. The number of hydrogen-bond acceptors (Lipinski definition) is 5. The van der Waals surface area contributed by atoms with Gasteiger partial charge >= 0.3 is 6.09 Å². The van der Waals surface area contributed by atoms with E-state index >= 15 is 0 Å². The molecule has 0 saturated carbocycles. The van der Waals surface area contributed by atoms with E-state index in [-0.39, 0.29) is 6.09 Å². The minimum absolute atomic E-state index is 0.271. The van der Waals surface area contributed by atoms with E-state index in [1.165, 1.54) is 5.56 Å². The summed E-state index contributed by atoms with van der Waals surface area (Å²) in [6, 6.07) is 3.98. The van der Waals surface area contributed by atoms with Crippen LogP contribution in [0.15, 0.2) is 30.7 Å². The maximum Gasteiger partial charge on any atom is 0.410 e. The van der Waals surface area contributed by atoms with Gasteiger partial charge in [-0.25, -0.2) is 4.79 Å². The molecule has 0 aromatic carbocycles. The SMILES string of the molecule is CC(CN(C)Cc1cn(C)nc1-c1ccncc1)C(C)CN(C)C(=O)OC(C)(C)C. The highest BCUT2D eigenvalue weighted by atomic mass is 16.6. The van der Waals surface area contributed by atoms with Crippen LogP contribution >= 0.6 is 0 Å². The highest BCUT2D eigenvalue weighted by Gasteiger charge is 2.23. The van der Waals surface area contributed by atoms with Crippen molar-refractivity contribution in [2.45, 2.75) is 46.8 Å². The van der Waals surface area contributed by atoms with Gasteiger partial charge in [0.15, 0.2) is 0 Å². The van der Waals surface area contributed by atoms with Crippen LogP contribution in [-0.4, -0.2) is 63.4 Å². The maximum atomic E-state index is 12.2. The number of aryl methyl sites for hydroxylation is 1. The quantitative estimate of drug-likeness (QED) is 0.651. The third kappa shape index (κ3) is 7.13. The fourth-order valence-corrected chi connectivity index (χ4v) is 3.46. The van der Waals surface area contributed by atoms with E-state index in [2.05, 4.69) is 42.1 Å². The largest absolute Gasteiger partial charge is 0.444 e. The number of nitrogens with zero attached hydrogens (tertiary/aromatic N) is 5. The van der Waals surface area contributed by atoms with Crippen molar-refractivity contribution >= 4 is 6.09 Å². The molecule has 2 heterocycles. The molecule has 0 spiro atoms. The Balaban J connectivity index is 1.93. The summed E-state index contributed by atoms with van der Waals surface area (Å²) in [6.45, 7) is 12.5. The molecule has 0 saturated heterocycles. The van der Waals surface area contributed by atoms with E-state index in [4.69, 9.17) is 4.74 Å². The van der Waals surface area contributed by atoms with Gasteiger partial charge in [0, 0.05) is 63.4 Å². The average Bonchev–Trinajstić information content (AvgIpc) is 3.00. The lowest BCUT2D eigenvalue weighted by molar-refractivity contribution is 0.0258. The number of ether oxygens (including phenoxy) is 1. The van der Waals surface area contributed by atoms with Crippen molar-refractivity contribution in [3.8, 4) is 11.3 Å². The molecule has 0 aliphatic carbocycles. The van der Waals surface area contributed by atoms with Gasteiger partial charge in [-0.3, -0.25) is 9.67 Å². The average molecular weight is 416 g/mol. The Labute approximate surface area is 181 Å². The third-order valence-corrected chi connectivity index (χ3v) is 5.14. The molecule has 2 aromatic rings. The van der Waals surface area contributed by atoms with Crippen LogP contribution in [0, 0.1) is 11.8 Å². The molecule has 0 aliphatic heterocycles. The number of amides is 1. The number of carbonyl (C=O) groups excluding carboxylic acids is 1. The first-order chi connectivity index (χ1) is 14.0. The maximum absolute atomic E-state index is 12.2. The molecule has 7 heteroatoms. The first kappa shape index (κ1) is 23.9. The number of aromatic nitrogens is 3. The third-order valence-electron chi connectivity index (χ3n) is 5.14. The molecule has 2 aromatic heterocycles. The number of pyridine rings is 1. The van der Waals surface area contributed by atoms with Crippen molar-refractivity contribution in [1.82, 2.24) is 24.6 Å². The van der Waals surface area contributed by atoms with E-state index in [0.717, 1.165) is 24.3 Å². The van der Waals surface area contributed by atoms with Gasteiger partial charge in [0.1, 0.15) is 5.60 Å². The van der Waals surface area contributed by atoms with Gasteiger partial charge < -0.3 is 14.5 Å². The standard InChI is InChI=1S/C23H37N5O2/c1-17(18(2)14-27(7)22(29)30-23(3,4)5)13-26(6)15-20-16-28(8)25-21(20)19-9-11-24-12-10-19/h9-12,16-18H,13-15H2,1-8H3. The summed E-state index contributed by atoms with van der Waals surface area (Å²) in [5.41, 5.74) is 2.79. The van der Waals surface area contributed by atoms with Gasteiger partial charge in [-0.15, -0.1) is 0 Å². The molecular formula is C23H37N5O2. The summed E-state index contributed by atoms with van der Waals surface area (Å²) < 4.78 is 7.32. The van der Waals surface area contributed by atoms with Crippen LogP contribution in [0.4, 0.5) is 4.79 Å². The van der Waals surface area contributed by atoms with Crippen molar-refractivity contribution in [3.63, 3.8) is 0 Å². The lowest BCUT2D eigenvalue weighted by atomic mass is 9.95. The Morgan fingerprint density at radius 1 is 1.13 bits per heavy atom. The summed E-state index contributed by atoms with van der Waals surface area (Å²) in [6.07, 6.45) is 5.40. The Hall–Kier alpha value is -2.41. The van der Waals surface area contributed by atoms with Crippen LogP contribution < -0.4 is 0 Å². The van der Waals surface area contributed by atoms with Crippen molar-refractivity contribution < 1.29 is 9.53 Å². The summed E-state index contributed by atoms with van der Waals surface area (Å²) >= 11 is 0. The zero-order valence-corrected chi connectivity index (χ0v) is 19.7. The monoisotopic (exact) mass is 415 g/mol. The second kappa shape index (κ2) is 10.1. The molecule has 0 N–H and O–H groups in total. The first-order valence-corrected chi connectivity index (χ1v) is 10.5. The molecule has 7 nitrogen and oxygen atoms in total. The molecular weight excluding hydrogens is 378 g/mol. The summed E-state index contributed by atoms with van der Waals surface area (Å²) in [4.78, 5) is 20.3. The zero-order chi connectivity index (χ0) is 22.5. The van der Waals surface area contributed by atoms with Crippen molar-refractivity contribution in [2.24, 2.45) is 18.9 Å². The normalized spacial score (nSPS) is 13.9. The predicted molar refractivity (Wildman–Crippen MR) is 120 cm³/mol. The first-order valence-electron chi connectivity index (χ1n) is 10.5. The molecule has 2 rings (SSSR count). The lowest BCUT2D eigenvalue weighted by Crippen LogP contribution is -2.39. The zero-order valence-electron chi connectivity index (χ0n) is 19.7. The number of hydrogen-bond donors (Lipinski definition) is 0. The second-order valence-electron chi connectivity index (χ2n) is 9.42.